The molecular weight excluding hydrogens is 315 g/mol. The van der Waals surface area contributed by atoms with Crippen LogP contribution in [0.2, 0.25) is 5.02 Å². The lowest BCUT2D eigenvalue weighted by Gasteiger charge is -2.06. The van der Waals surface area contributed by atoms with E-state index in [1.54, 1.807) is 28.8 Å². The zero-order valence-corrected chi connectivity index (χ0v) is 12.8. The van der Waals surface area contributed by atoms with Crippen LogP contribution in [0, 0.1) is 5.82 Å². The normalized spacial score (nSPS) is 15.3. The van der Waals surface area contributed by atoms with Crippen LogP contribution in [-0.4, -0.2) is 9.55 Å². The van der Waals surface area contributed by atoms with Crippen molar-refractivity contribution in [1.29, 1.82) is 0 Å². The van der Waals surface area contributed by atoms with Gasteiger partial charge in [-0.25, -0.2) is 9.37 Å². The topological polar surface area (TPSA) is 34.9 Å². The van der Waals surface area contributed by atoms with Gasteiger partial charge in [-0.2, -0.15) is 0 Å². The van der Waals surface area contributed by atoms with E-state index in [2.05, 4.69) is 4.98 Å². The highest BCUT2D eigenvalue weighted by Crippen LogP contribution is 2.28. The highest BCUT2D eigenvalue weighted by Gasteiger charge is 2.20. The van der Waals surface area contributed by atoms with Gasteiger partial charge in [0, 0.05) is 11.6 Å². The lowest BCUT2D eigenvalue weighted by Crippen LogP contribution is -2.20. The molecule has 114 valence electrons. The van der Waals surface area contributed by atoms with Gasteiger partial charge in [0.15, 0.2) is 0 Å². The summed E-state index contributed by atoms with van der Waals surface area (Å²) >= 11 is 5.97. The van der Waals surface area contributed by atoms with Gasteiger partial charge in [0.2, 0.25) is 0 Å². The third-order valence-electron chi connectivity index (χ3n) is 4.00. The van der Waals surface area contributed by atoms with Crippen LogP contribution in [-0.2, 0) is 6.54 Å². The summed E-state index contributed by atoms with van der Waals surface area (Å²) in [6.07, 6.45) is 2.58. The highest BCUT2D eigenvalue weighted by atomic mass is 35.5. The summed E-state index contributed by atoms with van der Waals surface area (Å²) in [5, 5.41) is 1.04. The molecule has 5 heteroatoms. The number of nitrogens with zero attached hydrogens (tertiary/aromatic N) is 2. The standard InChI is InChI=1S/C18H12ClFN2O/c19-13-4-5-16-15(10-13)18(23)22-7-6-12(17(22)21-16)8-11-2-1-3-14(20)9-11/h1-5,8-10H,6-7H2/b12-8+. The number of rotatable bonds is 1. The van der Waals surface area contributed by atoms with Crippen molar-refractivity contribution in [2.45, 2.75) is 13.0 Å². The molecule has 0 saturated carbocycles. The van der Waals surface area contributed by atoms with Crippen LogP contribution in [0.4, 0.5) is 4.39 Å². The molecule has 0 unspecified atom stereocenters. The van der Waals surface area contributed by atoms with Crippen molar-refractivity contribution in [3.63, 3.8) is 0 Å². The van der Waals surface area contributed by atoms with Gasteiger partial charge in [0.1, 0.15) is 11.6 Å². The van der Waals surface area contributed by atoms with Gasteiger partial charge >= 0.3 is 0 Å². The first-order valence-electron chi connectivity index (χ1n) is 7.28. The molecule has 0 spiro atoms. The van der Waals surface area contributed by atoms with Gasteiger partial charge in [-0.1, -0.05) is 23.7 Å². The molecule has 2 aromatic carbocycles. The zero-order valence-electron chi connectivity index (χ0n) is 12.1. The fourth-order valence-corrected chi connectivity index (χ4v) is 3.10. The van der Waals surface area contributed by atoms with E-state index in [0.29, 0.717) is 34.7 Å². The first-order valence-corrected chi connectivity index (χ1v) is 7.66. The predicted molar refractivity (Wildman–Crippen MR) is 89.9 cm³/mol. The molecule has 2 heterocycles. The number of allylic oxidation sites excluding steroid dienone is 1. The fourth-order valence-electron chi connectivity index (χ4n) is 2.92. The average molecular weight is 327 g/mol. The van der Waals surface area contributed by atoms with E-state index in [-0.39, 0.29) is 11.4 Å². The molecule has 4 rings (SSSR count). The van der Waals surface area contributed by atoms with Crippen LogP contribution in [0.1, 0.15) is 17.8 Å². The molecule has 0 atom stereocenters. The Balaban J connectivity index is 1.90. The number of benzene rings is 2. The number of halogens is 2. The Bertz CT molecular complexity index is 1020. The van der Waals surface area contributed by atoms with E-state index >= 15 is 0 Å². The molecule has 0 bridgehead atoms. The predicted octanol–water partition coefficient (Wildman–Crippen LogP) is 4.13. The summed E-state index contributed by atoms with van der Waals surface area (Å²) in [4.78, 5) is 17.2. The van der Waals surface area contributed by atoms with Gasteiger partial charge in [-0.15, -0.1) is 0 Å². The molecule has 23 heavy (non-hydrogen) atoms. The molecule has 1 aliphatic heterocycles. The van der Waals surface area contributed by atoms with E-state index < -0.39 is 0 Å². The van der Waals surface area contributed by atoms with Crippen molar-refractivity contribution in [3.8, 4) is 0 Å². The Hall–Kier alpha value is -2.46. The lowest BCUT2D eigenvalue weighted by atomic mass is 10.1. The number of aromatic nitrogens is 2. The summed E-state index contributed by atoms with van der Waals surface area (Å²) in [5.41, 5.74) is 2.23. The molecule has 0 radical (unpaired) electrons. The SMILES string of the molecule is O=c1c2cc(Cl)ccc2nc2n1CC/C2=C\c1cccc(F)c1. The molecule has 0 saturated heterocycles. The molecule has 0 fully saturated rings. The van der Waals surface area contributed by atoms with Gasteiger partial charge in [0.05, 0.1) is 10.9 Å². The van der Waals surface area contributed by atoms with Gasteiger partial charge in [-0.05, 0) is 54.0 Å². The summed E-state index contributed by atoms with van der Waals surface area (Å²) in [5.74, 6) is 0.366. The minimum Gasteiger partial charge on any atom is -0.292 e. The van der Waals surface area contributed by atoms with Gasteiger partial charge < -0.3 is 0 Å². The van der Waals surface area contributed by atoms with Gasteiger partial charge in [-0.3, -0.25) is 9.36 Å². The lowest BCUT2D eigenvalue weighted by molar-refractivity contribution is 0.627. The molecule has 0 amide bonds. The Labute approximate surface area is 136 Å². The van der Waals surface area contributed by atoms with E-state index in [9.17, 15) is 9.18 Å². The summed E-state index contributed by atoms with van der Waals surface area (Å²) in [6.45, 7) is 0.574. The minimum absolute atomic E-state index is 0.0878. The smallest absolute Gasteiger partial charge is 0.261 e. The highest BCUT2D eigenvalue weighted by molar-refractivity contribution is 6.31. The number of fused-ring (bicyclic) bond motifs is 2. The van der Waals surface area contributed by atoms with Gasteiger partial charge in [0.25, 0.3) is 5.56 Å². The van der Waals surface area contributed by atoms with Crippen molar-refractivity contribution in [1.82, 2.24) is 9.55 Å². The second kappa shape index (κ2) is 5.32. The van der Waals surface area contributed by atoms with Crippen LogP contribution in [0.5, 0.6) is 0 Å². The molecule has 0 N–H and O–H groups in total. The Morgan fingerprint density at radius 1 is 1.22 bits per heavy atom. The Morgan fingerprint density at radius 2 is 2.09 bits per heavy atom. The van der Waals surface area contributed by atoms with Crippen LogP contribution in [0.3, 0.4) is 0 Å². The maximum atomic E-state index is 13.3. The second-order valence-corrected chi connectivity index (χ2v) is 5.96. The molecule has 1 aliphatic rings. The van der Waals surface area contributed by atoms with E-state index in [1.807, 2.05) is 12.1 Å². The first kappa shape index (κ1) is 14.2. The second-order valence-electron chi connectivity index (χ2n) is 5.53. The maximum absolute atomic E-state index is 13.3. The third kappa shape index (κ3) is 2.45. The van der Waals surface area contributed by atoms with E-state index in [4.69, 9.17) is 11.6 Å². The Kier molecular flexibility index (Phi) is 3.27. The van der Waals surface area contributed by atoms with Crippen LogP contribution < -0.4 is 5.56 Å². The molecule has 3 nitrogen and oxygen atoms in total. The van der Waals surface area contributed by atoms with Crippen LogP contribution in [0.15, 0.2) is 47.3 Å². The monoisotopic (exact) mass is 326 g/mol. The van der Waals surface area contributed by atoms with Crippen molar-refractivity contribution in [2.75, 3.05) is 0 Å². The largest absolute Gasteiger partial charge is 0.292 e. The molecule has 0 aliphatic carbocycles. The van der Waals surface area contributed by atoms with Crippen LogP contribution >= 0.6 is 11.6 Å². The zero-order chi connectivity index (χ0) is 16.0. The summed E-state index contributed by atoms with van der Waals surface area (Å²) in [7, 11) is 0. The van der Waals surface area contributed by atoms with Crippen molar-refractivity contribution < 1.29 is 4.39 Å². The number of hydrogen-bond donors (Lipinski definition) is 0. The van der Waals surface area contributed by atoms with Crippen LogP contribution in [0.25, 0.3) is 22.6 Å². The van der Waals surface area contributed by atoms with Crippen molar-refractivity contribution in [2.24, 2.45) is 0 Å². The molecule has 3 aromatic rings. The summed E-state index contributed by atoms with van der Waals surface area (Å²) < 4.78 is 15.0. The maximum Gasteiger partial charge on any atom is 0.261 e. The third-order valence-corrected chi connectivity index (χ3v) is 4.23. The van der Waals surface area contributed by atoms with E-state index in [1.165, 1.54) is 12.1 Å². The minimum atomic E-state index is -0.282. The Morgan fingerprint density at radius 3 is 2.91 bits per heavy atom. The fraction of sp³-hybridized carbons (Fsp3) is 0.111. The van der Waals surface area contributed by atoms with Crippen molar-refractivity contribution in [3.05, 3.63) is 75.0 Å². The molecular formula is C18H12ClFN2O. The number of hydrogen-bond acceptors (Lipinski definition) is 2. The summed E-state index contributed by atoms with van der Waals surface area (Å²) in [6, 6.07) is 11.5. The average Bonchev–Trinajstić information content (AvgIpc) is 2.92. The van der Waals surface area contributed by atoms with E-state index in [0.717, 1.165) is 11.1 Å². The quantitative estimate of drug-likeness (QED) is 0.674. The molecule has 1 aromatic heterocycles. The van der Waals surface area contributed by atoms with Crippen molar-refractivity contribution >= 4 is 34.2 Å². The first-order chi connectivity index (χ1) is 11.1.